The van der Waals surface area contributed by atoms with Crippen molar-refractivity contribution in [2.75, 3.05) is 23.7 Å². The summed E-state index contributed by atoms with van der Waals surface area (Å²) >= 11 is 0. The van der Waals surface area contributed by atoms with Gasteiger partial charge in [0, 0.05) is 31.2 Å². The Labute approximate surface area is 174 Å². The van der Waals surface area contributed by atoms with E-state index in [4.69, 9.17) is 5.73 Å². The molecule has 1 unspecified atom stereocenters. The lowest BCUT2D eigenvalue weighted by atomic mass is 9.94. The van der Waals surface area contributed by atoms with Gasteiger partial charge < -0.3 is 20.3 Å². The quantitative estimate of drug-likeness (QED) is 0.542. The number of benzene rings is 1. The summed E-state index contributed by atoms with van der Waals surface area (Å²) in [4.78, 5) is 25.9. The molecule has 0 spiro atoms. The molecule has 2 aliphatic rings. The van der Waals surface area contributed by atoms with Crippen LogP contribution >= 0.6 is 0 Å². The molecule has 1 aliphatic heterocycles. The van der Waals surface area contributed by atoms with Gasteiger partial charge in [0.15, 0.2) is 11.6 Å². The Morgan fingerprint density at radius 1 is 1.26 bits per heavy atom. The number of hydrogen-bond acceptors (Lipinski definition) is 6. The fourth-order valence-electron chi connectivity index (χ4n) is 4.45. The second-order valence-electron chi connectivity index (χ2n) is 8.11. The van der Waals surface area contributed by atoms with E-state index in [0.717, 1.165) is 12.6 Å². The molecule has 0 amide bonds. The molecular weight excluding hydrogens is 410 g/mol. The minimum Gasteiger partial charge on any atom is -0.477 e. The molecule has 1 aliphatic carbocycles. The summed E-state index contributed by atoms with van der Waals surface area (Å²) in [6.45, 7) is 0.722. The fourth-order valence-corrected chi connectivity index (χ4v) is 4.45. The molecule has 0 radical (unpaired) electrons. The first kappa shape index (κ1) is 19.5. The van der Waals surface area contributed by atoms with E-state index in [1.54, 1.807) is 11.1 Å². The average Bonchev–Trinajstić information content (AvgIpc) is 3.44. The molecule has 1 saturated heterocycles. The highest BCUT2D eigenvalue weighted by molar-refractivity contribution is 5.99. The number of aromatic nitrogens is 4. The predicted octanol–water partition coefficient (Wildman–Crippen LogP) is 2.40. The smallest absolute Gasteiger partial charge is 0.341 e. The first-order valence-electron chi connectivity index (χ1n) is 10.1. The maximum Gasteiger partial charge on any atom is 0.341 e. The van der Waals surface area contributed by atoms with Crippen LogP contribution in [0.2, 0.25) is 0 Å². The van der Waals surface area contributed by atoms with Crippen LogP contribution in [0.4, 0.5) is 20.2 Å². The number of rotatable bonds is 4. The lowest BCUT2D eigenvalue weighted by molar-refractivity contribution is 0.0695. The molecule has 2 aromatic heterocycles. The lowest BCUT2D eigenvalue weighted by Crippen LogP contribution is -2.36. The zero-order valence-electron chi connectivity index (χ0n) is 16.4. The first-order valence-corrected chi connectivity index (χ1v) is 10.1. The number of carbonyl (C=O) groups is 1. The third-order valence-corrected chi connectivity index (χ3v) is 6.12. The van der Waals surface area contributed by atoms with E-state index in [0.29, 0.717) is 38.0 Å². The number of H-pyrrole nitrogens is 1. The van der Waals surface area contributed by atoms with Crippen LogP contribution in [0.1, 0.15) is 53.7 Å². The maximum absolute atomic E-state index is 15.8. The van der Waals surface area contributed by atoms with Gasteiger partial charge in [-0.15, -0.1) is 0 Å². The number of carboxylic acids is 1. The molecule has 1 atom stereocenters. The topological polar surface area (TPSA) is 130 Å². The van der Waals surface area contributed by atoms with Gasteiger partial charge >= 0.3 is 5.97 Å². The Balaban J connectivity index is 1.72. The molecule has 1 saturated carbocycles. The Morgan fingerprint density at radius 3 is 2.68 bits per heavy atom. The number of nitrogens with two attached hydrogens (primary N) is 1. The third kappa shape index (κ3) is 3.03. The van der Waals surface area contributed by atoms with Crippen LogP contribution in [-0.4, -0.2) is 44.1 Å². The van der Waals surface area contributed by atoms with E-state index >= 15 is 8.78 Å². The maximum atomic E-state index is 15.8. The molecule has 3 aromatic rings. The minimum atomic E-state index is -1.46. The SMILES string of the molecule is Nc1c(F)c(N2CCCC(c3cn[nH]n3)C2)c(F)c2c1c(=O)c(C(=O)O)cn2C1CC1. The largest absolute Gasteiger partial charge is 0.477 e. The van der Waals surface area contributed by atoms with Gasteiger partial charge in [-0.25, -0.2) is 13.6 Å². The van der Waals surface area contributed by atoms with Gasteiger partial charge in [-0.2, -0.15) is 15.4 Å². The number of anilines is 2. The highest BCUT2D eigenvalue weighted by Gasteiger charge is 2.34. The Bertz CT molecular complexity index is 1250. The number of nitrogen functional groups attached to an aromatic ring is 1. The van der Waals surface area contributed by atoms with E-state index in [9.17, 15) is 14.7 Å². The van der Waals surface area contributed by atoms with Crippen LogP contribution in [0.5, 0.6) is 0 Å². The van der Waals surface area contributed by atoms with Crippen LogP contribution < -0.4 is 16.1 Å². The van der Waals surface area contributed by atoms with Crippen molar-refractivity contribution in [2.24, 2.45) is 0 Å². The van der Waals surface area contributed by atoms with Gasteiger partial charge in [-0.1, -0.05) is 0 Å². The van der Waals surface area contributed by atoms with E-state index in [1.807, 2.05) is 0 Å². The number of halogens is 2. The molecule has 0 bridgehead atoms. The zero-order valence-corrected chi connectivity index (χ0v) is 16.4. The van der Waals surface area contributed by atoms with Crippen molar-refractivity contribution >= 4 is 28.2 Å². The monoisotopic (exact) mass is 430 g/mol. The van der Waals surface area contributed by atoms with E-state index in [1.165, 1.54) is 4.57 Å². The number of carboxylic acid groups (broad SMARTS) is 1. The highest BCUT2D eigenvalue weighted by atomic mass is 19.1. The molecular formula is C20H20F2N6O3. The number of piperidine rings is 1. The predicted molar refractivity (Wildman–Crippen MR) is 108 cm³/mol. The molecule has 5 rings (SSSR count). The Kier molecular flexibility index (Phi) is 4.42. The van der Waals surface area contributed by atoms with Crippen LogP contribution in [0.25, 0.3) is 10.9 Å². The van der Waals surface area contributed by atoms with Crippen molar-refractivity contribution in [3.05, 3.63) is 45.5 Å². The number of hydrogen-bond donors (Lipinski definition) is 3. The number of nitrogens with one attached hydrogen (secondary N) is 1. The molecule has 4 N–H and O–H groups in total. The summed E-state index contributed by atoms with van der Waals surface area (Å²) in [5.41, 5.74) is 4.18. The number of nitrogens with zero attached hydrogens (tertiary/aromatic N) is 4. The zero-order chi connectivity index (χ0) is 21.9. The van der Waals surface area contributed by atoms with Crippen molar-refractivity contribution in [2.45, 2.75) is 37.6 Å². The van der Waals surface area contributed by atoms with Gasteiger partial charge in [0.1, 0.15) is 11.3 Å². The molecule has 11 heteroatoms. The van der Waals surface area contributed by atoms with E-state index < -0.39 is 39.7 Å². The summed E-state index contributed by atoms with van der Waals surface area (Å²) in [7, 11) is 0. The molecule has 1 aromatic carbocycles. The summed E-state index contributed by atoms with van der Waals surface area (Å²) < 4.78 is 32.6. The molecule has 31 heavy (non-hydrogen) atoms. The van der Waals surface area contributed by atoms with Crippen molar-refractivity contribution < 1.29 is 18.7 Å². The van der Waals surface area contributed by atoms with Crippen molar-refractivity contribution in [1.29, 1.82) is 0 Å². The standard InChI is InChI=1S/C20H20F2N6O3/c21-14-16(23)13-17(28(10-3-4-10)8-11(19(13)29)20(30)31)15(22)18(14)27-5-1-2-9(7-27)12-6-24-26-25-12/h6,8-10H,1-5,7,23H2,(H,30,31)(H,24,25,26). The van der Waals surface area contributed by atoms with Gasteiger partial charge in [0.05, 0.1) is 28.5 Å². The first-order chi connectivity index (χ1) is 14.9. The highest BCUT2D eigenvalue weighted by Crippen LogP contribution is 2.42. The number of aromatic carboxylic acids is 1. The molecule has 2 fully saturated rings. The second kappa shape index (κ2) is 7.03. The number of fused-ring (bicyclic) bond motifs is 1. The van der Waals surface area contributed by atoms with Gasteiger partial charge in [0.25, 0.3) is 0 Å². The van der Waals surface area contributed by atoms with Gasteiger partial charge in [-0.05, 0) is 25.7 Å². The molecule has 162 valence electrons. The van der Waals surface area contributed by atoms with Gasteiger partial charge in [0.2, 0.25) is 5.43 Å². The normalized spacial score (nSPS) is 19.2. The molecule has 9 nitrogen and oxygen atoms in total. The second-order valence-corrected chi connectivity index (χ2v) is 8.11. The molecule has 3 heterocycles. The van der Waals surface area contributed by atoms with E-state index in [2.05, 4.69) is 15.4 Å². The Morgan fingerprint density at radius 2 is 2.03 bits per heavy atom. The Hall–Kier alpha value is -3.50. The summed E-state index contributed by atoms with van der Waals surface area (Å²) in [5, 5.41) is 19.4. The minimum absolute atomic E-state index is 0.0665. The van der Waals surface area contributed by atoms with Crippen LogP contribution in [0, 0.1) is 11.6 Å². The average molecular weight is 430 g/mol. The van der Waals surface area contributed by atoms with Crippen LogP contribution in [-0.2, 0) is 0 Å². The number of pyridine rings is 1. The van der Waals surface area contributed by atoms with Gasteiger partial charge in [-0.3, -0.25) is 4.79 Å². The van der Waals surface area contributed by atoms with E-state index in [-0.39, 0.29) is 23.2 Å². The summed E-state index contributed by atoms with van der Waals surface area (Å²) in [5.74, 6) is -3.48. The summed E-state index contributed by atoms with van der Waals surface area (Å²) in [6.07, 6.45) is 5.63. The van der Waals surface area contributed by atoms with Crippen molar-refractivity contribution in [3.8, 4) is 0 Å². The number of aromatic amines is 1. The fraction of sp³-hybridized carbons (Fsp3) is 0.400. The lowest BCUT2D eigenvalue weighted by Gasteiger charge is -2.34. The van der Waals surface area contributed by atoms with Crippen molar-refractivity contribution in [1.82, 2.24) is 20.0 Å². The van der Waals surface area contributed by atoms with Crippen LogP contribution in [0.15, 0.2) is 17.2 Å². The third-order valence-electron chi connectivity index (χ3n) is 6.12. The van der Waals surface area contributed by atoms with Crippen molar-refractivity contribution in [3.63, 3.8) is 0 Å². The summed E-state index contributed by atoms with van der Waals surface area (Å²) in [6, 6.07) is -0.155. The van der Waals surface area contributed by atoms with Crippen LogP contribution in [0.3, 0.4) is 0 Å².